The van der Waals surface area contributed by atoms with Gasteiger partial charge in [0.2, 0.25) is 0 Å². The van der Waals surface area contributed by atoms with Crippen molar-refractivity contribution < 1.29 is 32.2 Å². The van der Waals surface area contributed by atoms with Gasteiger partial charge in [-0.1, -0.05) is 0 Å². The number of methoxy groups -OCH3 is 1. The summed E-state index contributed by atoms with van der Waals surface area (Å²) in [6, 6.07) is 0. The minimum Gasteiger partial charge on any atom is -0.461 e. The van der Waals surface area contributed by atoms with Gasteiger partial charge in [-0.3, -0.25) is 0 Å². The Morgan fingerprint density at radius 2 is 1.86 bits per heavy atom. The molecule has 0 spiro atoms. The minimum absolute atomic E-state index is 0.0996. The van der Waals surface area contributed by atoms with Gasteiger partial charge in [-0.15, -0.1) is 0 Å². The number of hydrogen-bond acceptors (Lipinski definition) is 4. The highest BCUT2D eigenvalue weighted by Gasteiger charge is 2.22. The van der Waals surface area contributed by atoms with Crippen LogP contribution in [-0.2, 0) is 19.1 Å². The number of carbonyl (C=O) groups excluding carboxylic acids is 2. The summed E-state index contributed by atoms with van der Waals surface area (Å²) in [5.74, 6) is -2.59. The smallest absolute Gasteiger partial charge is 0.417 e. The molecule has 4 nitrogen and oxygen atoms in total. The molecule has 0 amide bonds. The predicted molar refractivity (Wildman–Crippen MR) is 38.2 cm³/mol. The maximum absolute atomic E-state index is 11.5. The predicted octanol–water partition coefficient (Wildman–Crippen LogP) is 0.821. The Kier molecular flexibility index (Phi) is 4.68. The Bertz CT molecular complexity index is 244. The lowest BCUT2D eigenvalue weighted by Gasteiger charge is -2.00. The number of hydrogen-bond donors (Lipinski definition) is 0. The molecule has 0 atom stereocenters. The van der Waals surface area contributed by atoms with Crippen molar-refractivity contribution >= 4 is 11.9 Å². The molecule has 80 valence electrons. The van der Waals surface area contributed by atoms with Crippen molar-refractivity contribution in [3.63, 3.8) is 0 Å². The largest absolute Gasteiger partial charge is 0.461 e. The van der Waals surface area contributed by atoms with Crippen molar-refractivity contribution in [2.24, 2.45) is 0 Å². The molecule has 0 rings (SSSR count). The van der Waals surface area contributed by atoms with Gasteiger partial charge in [0.1, 0.15) is 6.61 Å². The first kappa shape index (κ1) is 12.5. The average molecular weight is 212 g/mol. The van der Waals surface area contributed by atoms with Crippen LogP contribution in [0.15, 0.2) is 12.2 Å². The van der Waals surface area contributed by atoms with Crippen LogP contribution in [0.2, 0.25) is 0 Å². The lowest BCUT2D eigenvalue weighted by atomic mass is 10.5. The van der Waals surface area contributed by atoms with Gasteiger partial charge in [0.05, 0.1) is 7.11 Å². The third-order valence-corrected chi connectivity index (χ3v) is 0.970. The van der Waals surface area contributed by atoms with Crippen molar-refractivity contribution in [2.75, 3.05) is 13.7 Å². The van der Waals surface area contributed by atoms with E-state index in [1.165, 1.54) is 0 Å². The first-order chi connectivity index (χ1) is 6.37. The molecule has 0 radical (unpaired) electrons. The molecular formula is C7H7F3O4. The van der Waals surface area contributed by atoms with E-state index in [0.717, 1.165) is 7.11 Å². The summed E-state index contributed by atoms with van der Waals surface area (Å²) in [6.45, 7) is -0.632. The van der Waals surface area contributed by atoms with Crippen LogP contribution in [0.25, 0.3) is 0 Å². The quantitative estimate of drug-likeness (QED) is 0.386. The maximum atomic E-state index is 11.5. The molecule has 0 aromatic carbocycles. The van der Waals surface area contributed by atoms with E-state index in [9.17, 15) is 22.8 Å². The van der Waals surface area contributed by atoms with Crippen molar-refractivity contribution in [1.82, 2.24) is 0 Å². The van der Waals surface area contributed by atoms with E-state index in [1.807, 2.05) is 0 Å². The van der Waals surface area contributed by atoms with Crippen LogP contribution < -0.4 is 0 Å². The Hall–Kier alpha value is -1.53. The van der Waals surface area contributed by atoms with E-state index in [2.05, 4.69) is 9.47 Å². The standard InChI is InChI=1S/C7H7F3O4/c1-13-5(11)6(12)14-4-2-3-7(8,9)10/h2-3H,4H2,1H3. The summed E-state index contributed by atoms with van der Waals surface area (Å²) in [5, 5.41) is 0. The van der Waals surface area contributed by atoms with E-state index in [0.29, 0.717) is 6.08 Å². The Labute approximate surface area is 77.3 Å². The van der Waals surface area contributed by atoms with Gasteiger partial charge in [-0.25, -0.2) is 9.59 Å². The third-order valence-electron chi connectivity index (χ3n) is 0.970. The molecule has 14 heavy (non-hydrogen) atoms. The number of carbonyl (C=O) groups is 2. The van der Waals surface area contributed by atoms with Crippen molar-refractivity contribution in [1.29, 1.82) is 0 Å². The Balaban J connectivity index is 3.81. The summed E-state index contributed by atoms with van der Waals surface area (Å²) in [7, 11) is 0.954. The summed E-state index contributed by atoms with van der Waals surface area (Å²) < 4.78 is 42.5. The van der Waals surface area contributed by atoms with Gasteiger partial charge < -0.3 is 9.47 Å². The van der Waals surface area contributed by atoms with Crippen LogP contribution in [0, 0.1) is 0 Å². The minimum atomic E-state index is -4.46. The lowest BCUT2D eigenvalue weighted by Crippen LogP contribution is -2.18. The van der Waals surface area contributed by atoms with Crippen LogP contribution in [-0.4, -0.2) is 31.8 Å². The molecule has 0 saturated carbocycles. The number of halogens is 3. The Morgan fingerprint density at radius 1 is 1.29 bits per heavy atom. The summed E-state index contributed by atoms with van der Waals surface area (Å²) >= 11 is 0. The summed E-state index contributed by atoms with van der Waals surface area (Å²) in [5.41, 5.74) is 0. The second-order valence-corrected chi connectivity index (χ2v) is 2.03. The zero-order valence-electron chi connectivity index (χ0n) is 7.13. The average Bonchev–Trinajstić information content (AvgIpc) is 2.09. The van der Waals surface area contributed by atoms with Crippen LogP contribution in [0.5, 0.6) is 0 Å². The molecule has 0 aliphatic heterocycles. The monoisotopic (exact) mass is 212 g/mol. The second kappa shape index (κ2) is 5.25. The van der Waals surface area contributed by atoms with Gasteiger partial charge in [-0.05, 0) is 6.08 Å². The molecule has 0 N–H and O–H groups in total. The molecule has 0 bridgehead atoms. The number of rotatable bonds is 2. The van der Waals surface area contributed by atoms with Gasteiger partial charge in [-0.2, -0.15) is 13.2 Å². The normalized spacial score (nSPS) is 11.4. The molecule has 0 unspecified atom stereocenters. The van der Waals surface area contributed by atoms with Crippen LogP contribution in [0.1, 0.15) is 0 Å². The second-order valence-electron chi connectivity index (χ2n) is 2.03. The van der Waals surface area contributed by atoms with E-state index >= 15 is 0 Å². The molecule has 0 aliphatic rings. The summed E-state index contributed by atoms with van der Waals surface area (Å²) in [4.78, 5) is 20.8. The number of allylic oxidation sites excluding steroid dienone is 1. The fourth-order valence-electron chi connectivity index (χ4n) is 0.448. The van der Waals surface area contributed by atoms with Crippen LogP contribution in [0.3, 0.4) is 0 Å². The first-order valence-corrected chi connectivity index (χ1v) is 3.36. The number of ether oxygens (including phenoxy) is 2. The highest BCUT2D eigenvalue weighted by atomic mass is 19.4. The molecule has 0 saturated heterocycles. The Morgan fingerprint density at radius 3 is 2.29 bits per heavy atom. The fourth-order valence-corrected chi connectivity index (χ4v) is 0.448. The number of esters is 2. The van der Waals surface area contributed by atoms with Gasteiger partial charge >= 0.3 is 18.1 Å². The highest BCUT2D eigenvalue weighted by molar-refractivity contribution is 6.29. The molecule has 0 aliphatic carbocycles. The van der Waals surface area contributed by atoms with Crippen molar-refractivity contribution in [3.8, 4) is 0 Å². The van der Waals surface area contributed by atoms with E-state index in [4.69, 9.17) is 0 Å². The van der Waals surface area contributed by atoms with Crippen molar-refractivity contribution in [2.45, 2.75) is 6.18 Å². The maximum Gasteiger partial charge on any atom is 0.417 e. The van der Waals surface area contributed by atoms with E-state index in [1.54, 1.807) is 0 Å². The van der Waals surface area contributed by atoms with Crippen molar-refractivity contribution in [3.05, 3.63) is 12.2 Å². The fraction of sp³-hybridized carbons (Fsp3) is 0.429. The van der Waals surface area contributed by atoms with E-state index in [-0.39, 0.29) is 6.08 Å². The third kappa shape index (κ3) is 6.04. The zero-order chi connectivity index (χ0) is 11.2. The van der Waals surface area contributed by atoms with Crippen LogP contribution >= 0.6 is 0 Å². The molecule has 0 aromatic heterocycles. The summed E-state index contributed by atoms with van der Waals surface area (Å²) in [6.07, 6.45) is -3.99. The zero-order valence-corrected chi connectivity index (χ0v) is 7.13. The molecule has 0 fully saturated rings. The topological polar surface area (TPSA) is 52.6 Å². The highest BCUT2D eigenvalue weighted by Crippen LogP contribution is 2.15. The first-order valence-electron chi connectivity index (χ1n) is 3.36. The van der Waals surface area contributed by atoms with Gasteiger partial charge in [0.15, 0.2) is 0 Å². The van der Waals surface area contributed by atoms with Crippen LogP contribution in [0.4, 0.5) is 13.2 Å². The molecule has 0 aromatic rings. The van der Waals surface area contributed by atoms with Gasteiger partial charge in [0, 0.05) is 6.08 Å². The lowest BCUT2D eigenvalue weighted by molar-refractivity contribution is -0.165. The SMILES string of the molecule is COC(=O)C(=O)OCC=CC(F)(F)F. The molecule has 7 heteroatoms. The molecular weight excluding hydrogens is 205 g/mol. The number of alkyl halides is 3. The van der Waals surface area contributed by atoms with Gasteiger partial charge in [0.25, 0.3) is 0 Å². The molecule has 0 heterocycles. The van der Waals surface area contributed by atoms with E-state index < -0.39 is 24.7 Å².